The van der Waals surface area contributed by atoms with Crippen LogP contribution in [0, 0.1) is 0 Å². The van der Waals surface area contributed by atoms with E-state index in [2.05, 4.69) is 17.6 Å². The van der Waals surface area contributed by atoms with Gasteiger partial charge in [0.1, 0.15) is 5.57 Å². The molecular weight excluding hydrogens is 372 g/mol. The van der Waals surface area contributed by atoms with Crippen LogP contribution < -0.4 is 4.90 Å². The Hall–Kier alpha value is -3.38. The van der Waals surface area contributed by atoms with Crippen LogP contribution >= 0.6 is 11.3 Å². The monoisotopic (exact) mass is 388 g/mol. The molecule has 0 fully saturated rings. The zero-order valence-corrected chi connectivity index (χ0v) is 15.9. The average Bonchev–Trinajstić information content (AvgIpc) is 3.38. The number of nitrogens with zero attached hydrogens (tertiary/aromatic N) is 2. The van der Waals surface area contributed by atoms with Gasteiger partial charge in [0.25, 0.3) is 5.91 Å². The second-order valence-electron chi connectivity index (χ2n) is 6.61. The molecule has 1 aliphatic rings. The molecule has 2 amide bonds. The normalized spacial score (nSPS) is 14.8. The molecule has 2 aromatic carbocycles. The van der Waals surface area contributed by atoms with Crippen molar-refractivity contribution in [3.63, 3.8) is 0 Å². The van der Waals surface area contributed by atoms with E-state index in [4.69, 9.17) is 0 Å². The van der Waals surface area contributed by atoms with Gasteiger partial charge in [-0.3, -0.25) is 9.59 Å². The number of aliphatic hydroxyl groups is 1. The lowest BCUT2D eigenvalue weighted by Gasteiger charge is -2.15. The van der Waals surface area contributed by atoms with Crippen LogP contribution in [0.3, 0.4) is 0 Å². The molecule has 0 radical (unpaired) electrons. The Labute approximate surface area is 164 Å². The molecule has 0 saturated carbocycles. The molecule has 4 aromatic rings. The number of rotatable bonds is 3. The summed E-state index contributed by atoms with van der Waals surface area (Å²) in [4.78, 5) is 27.3. The Morgan fingerprint density at radius 1 is 0.929 bits per heavy atom. The lowest BCUT2D eigenvalue weighted by Crippen LogP contribution is -2.31. The van der Waals surface area contributed by atoms with Gasteiger partial charge >= 0.3 is 5.91 Å². The van der Waals surface area contributed by atoms with Crippen molar-refractivity contribution < 1.29 is 14.7 Å². The smallest absolute Gasteiger partial charge is 0.301 e. The highest BCUT2D eigenvalue weighted by Crippen LogP contribution is 2.37. The topological polar surface area (TPSA) is 62.5 Å². The molecule has 3 heterocycles. The van der Waals surface area contributed by atoms with E-state index in [0.717, 1.165) is 33.3 Å². The number of aliphatic hydroxyl groups excluding tert-OH is 1. The van der Waals surface area contributed by atoms with Crippen molar-refractivity contribution in [2.45, 2.75) is 13.5 Å². The molecule has 5 rings (SSSR count). The number of fused-ring (bicyclic) bond motifs is 3. The molecule has 6 heteroatoms. The first-order chi connectivity index (χ1) is 13.6. The molecule has 0 atom stereocenters. The largest absolute Gasteiger partial charge is 0.502 e. The van der Waals surface area contributed by atoms with Crippen LogP contribution in [0.15, 0.2) is 65.7 Å². The number of aryl methyl sites for hydroxylation is 1. The van der Waals surface area contributed by atoms with Crippen molar-refractivity contribution in [3.05, 3.63) is 70.6 Å². The molecule has 2 aromatic heterocycles. The highest BCUT2D eigenvalue weighted by atomic mass is 32.1. The van der Waals surface area contributed by atoms with Crippen molar-refractivity contribution in [1.82, 2.24) is 4.57 Å². The van der Waals surface area contributed by atoms with Gasteiger partial charge in [0, 0.05) is 33.2 Å². The van der Waals surface area contributed by atoms with Crippen LogP contribution in [0.4, 0.5) is 5.69 Å². The van der Waals surface area contributed by atoms with Gasteiger partial charge in [-0.15, -0.1) is 11.3 Å². The maximum absolute atomic E-state index is 13.0. The second kappa shape index (κ2) is 6.07. The minimum absolute atomic E-state index is 0.0658. The van der Waals surface area contributed by atoms with Gasteiger partial charge in [0.2, 0.25) is 0 Å². The number of carbonyl (C=O) groups is 2. The van der Waals surface area contributed by atoms with Crippen LogP contribution in [0.2, 0.25) is 0 Å². The third kappa shape index (κ3) is 2.18. The number of thiophene rings is 1. The van der Waals surface area contributed by atoms with Gasteiger partial charge in [0.15, 0.2) is 5.76 Å². The van der Waals surface area contributed by atoms with E-state index < -0.39 is 17.6 Å². The van der Waals surface area contributed by atoms with E-state index in [-0.39, 0.29) is 5.57 Å². The van der Waals surface area contributed by atoms with Crippen LogP contribution in [-0.2, 0) is 16.1 Å². The quantitative estimate of drug-likeness (QED) is 0.517. The maximum atomic E-state index is 13.0. The van der Waals surface area contributed by atoms with Crippen LogP contribution in [-0.4, -0.2) is 21.5 Å². The third-order valence-electron chi connectivity index (χ3n) is 5.16. The lowest BCUT2D eigenvalue weighted by atomic mass is 10.1. The molecule has 0 saturated heterocycles. The molecule has 0 spiro atoms. The Morgan fingerprint density at radius 2 is 1.71 bits per heavy atom. The van der Waals surface area contributed by atoms with Crippen molar-refractivity contribution in [3.8, 4) is 0 Å². The molecule has 28 heavy (non-hydrogen) atoms. The lowest BCUT2D eigenvalue weighted by molar-refractivity contribution is -0.121. The summed E-state index contributed by atoms with van der Waals surface area (Å²) >= 11 is 1.32. The predicted molar refractivity (Wildman–Crippen MR) is 111 cm³/mol. The molecule has 138 valence electrons. The third-order valence-corrected chi connectivity index (χ3v) is 6.04. The summed E-state index contributed by atoms with van der Waals surface area (Å²) in [6.45, 7) is 2.90. The average molecular weight is 388 g/mol. The fourth-order valence-corrected chi connectivity index (χ4v) is 4.68. The molecule has 0 bridgehead atoms. The van der Waals surface area contributed by atoms with Crippen molar-refractivity contribution >= 4 is 56.2 Å². The summed E-state index contributed by atoms with van der Waals surface area (Å²) in [7, 11) is 0. The fourth-order valence-electron chi connectivity index (χ4n) is 3.92. The Balaban J connectivity index is 1.68. The van der Waals surface area contributed by atoms with Crippen LogP contribution in [0.5, 0.6) is 0 Å². The molecule has 1 N–H and O–H groups in total. The first kappa shape index (κ1) is 16.8. The standard InChI is InChI=1S/C22H16N2O3S/c1-2-23-16-7-4-3-6-14(16)15-12-13(9-10-17(15)23)24-21(26)19(20(25)22(24)27)18-8-5-11-28-18/h3-12,25H,2H2,1H3. The van der Waals surface area contributed by atoms with Gasteiger partial charge < -0.3 is 9.67 Å². The zero-order chi connectivity index (χ0) is 19.4. The van der Waals surface area contributed by atoms with E-state index in [1.807, 2.05) is 35.7 Å². The summed E-state index contributed by atoms with van der Waals surface area (Å²) in [5, 5.41) is 14.2. The number of benzene rings is 2. The molecule has 0 unspecified atom stereocenters. The number of hydrogen-bond donors (Lipinski definition) is 1. The van der Waals surface area contributed by atoms with E-state index in [1.165, 1.54) is 11.3 Å². The molecule has 5 nitrogen and oxygen atoms in total. The number of amides is 2. The number of imide groups is 1. The zero-order valence-electron chi connectivity index (χ0n) is 15.0. The number of hydrogen-bond acceptors (Lipinski definition) is 4. The van der Waals surface area contributed by atoms with Gasteiger partial charge in [-0.25, -0.2) is 4.90 Å². The van der Waals surface area contributed by atoms with Crippen molar-refractivity contribution in [2.75, 3.05) is 4.90 Å². The highest BCUT2D eigenvalue weighted by Gasteiger charge is 2.40. The molecule has 0 aliphatic carbocycles. The Bertz CT molecular complexity index is 1300. The molecular formula is C22H16N2O3S. The van der Waals surface area contributed by atoms with E-state index in [9.17, 15) is 14.7 Å². The van der Waals surface area contributed by atoms with Crippen molar-refractivity contribution in [1.29, 1.82) is 0 Å². The maximum Gasteiger partial charge on any atom is 0.301 e. The second-order valence-corrected chi connectivity index (χ2v) is 7.56. The highest BCUT2D eigenvalue weighted by molar-refractivity contribution is 7.11. The number of anilines is 1. The summed E-state index contributed by atoms with van der Waals surface area (Å²) in [5.41, 5.74) is 2.68. The summed E-state index contributed by atoms with van der Waals surface area (Å²) in [5.74, 6) is -1.68. The van der Waals surface area contributed by atoms with E-state index >= 15 is 0 Å². The first-order valence-electron chi connectivity index (χ1n) is 8.98. The predicted octanol–water partition coefficient (Wildman–Crippen LogP) is 4.72. The van der Waals surface area contributed by atoms with E-state index in [1.54, 1.807) is 18.2 Å². The summed E-state index contributed by atoms with van der Waals surface area (Å²) in [6, 6.07) is 17.1. The minimum Gasteiger partial charge on any atom is -0.502 e. The number of para-hydroxylation sites is 1. The number of aromatic nitrogens is 1. The van der Waals surface area contributed by atoms with Gasteiger partial charge in [0.05, 0.1) is 5.69 Å². The minimum atomic E-state index is -0.688. The summed E-state index contributed by atoms with van der Waals surface area (Å²) in [6.07, 6.45) is 0. The van der Waals surface area contributed by atoms with Gasteiger partial charge in [-0.2, -0.15) is 0 Å². The Morgan fingerprint density at radius 3 is 2.46 bits per heavy atom. The van der Waals surface area contributed by atoms with Gasteiger partial charge in [-0.05, 0) is 42.6 Å². The first-order valence-corrected chi connectivity index (χ1v) is 9.86. The van der Waals surface area contributed by atoms with Crippen LogP contribution in [0.1, 0.15) is 11.8 Å². The van der Waals surface area contributed by atoms with Crippen LogP contribution in [0.25, 0.3) is 27.4 Å². The fraction of sp³-hybridized carbons (Fsp3) is 0.0909. The van der Waals surface area contributed by atoms with Crippen molar-refractivity contribution in [2.24, 2.45) is 0 Å². The SMILES string of the molecule is CCn1c2ccccc2c2cc(N3C(=O)C(O)=C(c4cccs4)C3=O)ccc21. The number of carbonyl (C=O) groups excluding carboxylic acids is 2. The van der Waals surface area contributed by atoms with Gasteiger partial charge in [-0.1, -0.05) is 24.3 Å². The van der Waals surface area contributed by atoms with E-state index in [0.29, 0.717) is 10.6 Å². The molecule has 1 aliphatic heterocycles. The Kier molecular flexibility index (Phi) is 3.64. The summed E-state index contributed by atoms with van der Waals surface area (Å²) < 4.78 is 2.20.